The molecule has 0 unspecified atom stereocenters. The molecule has 0 aliphatic heterocycles. The third-order valence-corrected chi connectivity index (χ3v) is 2.99. The van der Waals surface area contributed by atoms with Gasteiger partial charge in [0.25, 0.3) is 0 Å². The molecule has 1 aromatic carbocycles. The molecule has 0 aliphatic carbocycles. The molecule has 1 heterocycles. The molecule has 2 aromatic rings. The predicted molar refractivity (Wildman–Crippen MR) is 57.1 cm³/mol. The summed E-state index contributed by atoms with van der Waals surface area (Å²) < 4.78 is 4.31. The molecule has 0 fully saturated rings. The first-order chi connectivity index (χ1) is 6.40. The second kappa shape index (κ2) is 3.90. The van der Waals surface area contributed by atoms with Crippen molar-refractivity contribution in [1.29, 1.82) is 0 Å². The highest BCUT2D eigenvalue weighted by Gasteiger charge is 2.01. The van der Waals surface area contributed by atoms with Crippen LogP contribution in [0.25, 0.3) is 11.3 Å². The Morgan fingerprint density at radius 3 is 2.62 bits per heavy atom. The summed E-state index contributed by atoms with van der Waals surface area (Å²) in [7, 11) is 0. The third kappa shape index (κ3) is 1.90. The minimum absolute atomic E-state index is 0.546. The van der Waals surface area contributed by atoms with Gasteiger partial charge in [-0.3, -0.25) is 0 Å². The van der Waals surface area contributed by atoms with Gasteiger partial charge in [-0.05, 0) is 17.6 Å². The number of halogens is 1. The van der Waals surface area contributed by atoms with E-state index in [0.717, 1.165) is 16.1 Å². The van der Waals surface area contributed by atoms with E-state index in [1.165, 1.54) is 11.5 Å². The Bertz CT molecular complexity index is 383. The Kier molecular flexibility index (Phi) is 2.62. The van der Waals surface area contributed by atoms with E-state index in [4.69, 9.17) is 11.6 Å². The molecule has 0 radical (unpaired) electrons. The third-order valence-electron chi connectivity index (χ3n) is 1.76. The highest BCUT2D eigenvalue weighted by molar-refractivity contribution is 7.06. The molecule has 0 bridgehead atoms. The van der Waals surface area contributed by atoms with E-state index in [1.54, 1.807) is 0 Å². The van der Waals surface area contributed by atoms with Crippen LogP contribution in [-0.4, -0.2) is 4.37 Å². The van der Waals surface area contributed by atoms with Crippen molar-refractivity contribution in [1.82, 2.24) is 4.37 Å². The summed E-state index contributed by atoms with van der Waals surface area (Å²) in [6.07, 6.45) is 0. The summed E-state index contributed by atoms with van der Waals surface area (Å²) in [5.74, 6) is 0.546. The van der Waals surface area contributed by atoms with Gasteiger partial charge >= 0.3 is 0 Å². The van der Waals surface area contributed by atoms with Crippen LogP contribution in [0.1, 0.15) is 4.88 Å². The molecule has 0 N–H and O–H groups in total. The normalized spacial score (nSPS) is 10.2. The maximum Gasteiger partial charge on any atom is 0.0843 e. The number of hydrogen-bond acceptors (Lipinski definition) is 2. The number of nitrogens with zero attached hydrogens (tertiary/aromatic N) is 1. The van der Waals surface area contributed by atoms with Crippen molar-refractivity contribution in [2.75, 3.05) is 0 Å². The summed E-state index contributed by atoms with van der Waals surface area (Å²) in [5.41, 5.74) is 2.16. The van der Waals surface area contributed by atoms with E-state index in [2.05, 4.69) is 4.37 Å². The second-order valence-electron chi connectivity index (χ2n) is 2.68. The summed E-state index contributed by atoms with van der Waals surface area (Å²) in [6.45, 7) is 0. The highest BCUT2D eigenvalue weighted by Crippen LogP contribution is 2.22. The number of rotatable bonds is 2. The van der Waals surface area contributed by atoms with E-state index in [1.807, 2.05) is 36.4 Å². The Hall–Kier alpha value is -0.860. The van der Waals surface area contributed by atoms with Gasteiger partial charge in [-0.15, -0.1) is 11.6 Å². The second-order valence-corrected chi connectivity index (χ2v) is 3.83. The molecule has 66 valence electrons. The fourth-order valence-corrected chi connectivity index (χ4v) is 1.93. The first-order valence-corrected chi connectivity index (χ1v) is 5.28. The van der Waals surface area contributed by atoms with Gasteiger partial charge in [0.1, 0.15) is 0 Å². The van der Waals surface area contributed by atoms with Crippen molar-refractivity contribution in [2.45, 2.75) is 5.88 Å². The van der Waals surface area contributed by atoms with Crippen LogP contribution in [0.3, 0.4) is 0 Å². The van der Waals surface area contributed by atoms with E-state index in [9.17, 15) is 0 Å². The zero-order valence-electron chi connectivity index (χ0n) is 6.90. The smallest absolute Gasteiger partial charge is 0.0843 e. The van der Waals surface area contributed by atoms with Crippen LogP contribution in [0.2, 0.25) is 0 Å². The van der Waals surface area contributed by atoms with Crippen LogP contribution in [0, 0.1) is 0 Å². The van der Waals surface area contributed by atoms with E-state index in [-0.39, 0.29) is 0 Å². The first-order valence-electron chi connectivity index (χ1n) is 3.97. The topological polar surface area (TPSA) is 12.9 Å². The summed E-state index contributed by atoms with van der Waals surface area (Å²) >= 11 is 7.16. The van der Waals surface area contributed by atoms with Crippen LogP contribution in [-0.2, 0) is 5.88 Å². The maximum absolute atomic E-state index is 5.70. The summed E-state index contributed by atoms with van der Waals surface area (Å²) in [6, 6.07) is 12.1. The molecule has 1 nitrogen and oxygen atoms in total. The molecular formula is C10H8ClNS. The van der Waals surface area contributed by atoms with E-state index in [0.29, 0.717) is 5.88 Å². The van der Waals surface area contributed by atoms with Gasteiger partial charge in [0.05, 0.1) is 11.6 Å². The van der Waals surface area contributed by atoms with Gasteiger partial charge < -0.3 is 0 Å². The van der Waals surface area contributed by atoms with Gasteiger partial charge in [0.2, 0.25) is 0 Å². The molecule has 0 atom stereocenters. The largest absolute Gasteiger partial charge is 0.192 e. The van der Waals surface area contributed by atoms with Crippen LogP contribution >= 0.6 is 23.1 Å². The highest BCUT2D eigenvalue weighted by atomic mass is 35.5. The molecule has 0 saturated heterocycles. The summed E-state index contributed by atoms with van der Waals surface area (Å²) in [4.78, 5) is 1.11. The monoisotopic (exact) mass is 209 g/mol. The van der Waals surface area contributed by atoms with Crippen molar-refractivity contribution in [2.24, 2.45) is 0 Å². The Morgan fingerprint density at radius 1 is 1.23 bits per heavy atom. The van der Waals surface area contributed by atoms with Gasteiger partial charge in [-0.25, -0.2) is 0 Å². The van der Waals surface area contributed by atoms with Gasteiger partial charge in [-0.2, -0.15) is 4.37 Å². The average Bonchev–Trinajstić information content (AvgIpc) is 2.67. The van der Waals surface area contributed by atoms with Gasteiger partial charge in [0, 0.05) is 10.4 Å². The fraction of sp³-hybridized carbons (Fsp3) is 0.100. The molecule has 0 amide bonds. The predicted octanol–water partition coefficient (Wildman–Crippen LogP) is 3.55. The van der Waals surface area contributed by atoms with E-state index >= 15 is 0 Å². The minimum atomic E-state index is 0.546. The Labute approximate surface area is 86.2 Å². The number of hydrogen-bond donors (Lipinski definition) is 0. The van der Waals surface area contributed by atoms with Crippen LogP contribution in [0.4, 0.5) is 0 Å². The minimum Gasteiger partial charge on any atom is -0.192 e. The lowest BCUT2D eigenvalue weighted by atomic mass is 10.1. The van der Waals surface area contributed by atoms with Crippen LogP contribution in [0.15, 0.2) is 36.4 Å². The molecule has 13 heavy (non-hydrogen) atoms. The first kappa shape index (κ1) is 8.73. The molecule has 0 aliphatic rings. The number of alkyl halides is 1. The lowest BCUT2D eigenvalue weighted by Crippen LogP contribution is -1.73. The van der Waals surface area contributed by atoms with Gasteiger partial charge in [-0.1, -0.05) is 30.3 Å². The molecule has 0 spiro atoms. The van der Waals surface area contributed by atoms with Crippen molar-refractivity contribution < 1.29 is 0 Å². The number of benzene rings is 1. The SMILES string of the molecule is ClCc1cc(-c2ccccc2)ns1. The fourth-order valence-electron chi connectivity index (χ4n) is 1.12. The zero-order chi connectivity index (χ0) is 9.10. The molecule has 3 heteroatoms. The lowest BCUT2D eigenvalue weighted by Gasteiger charge is -1.92. The quantitative estimate of drug-likeness (QED) is 0.690. The lowest BCUT2D eigenvalue weighted by molar-refractivity contribution is 1.49. The maximum atomic E-state index is 5.70. The average molecular weight is 210 g/mol. The molecule has 0 saturated carbocycles. The van der Waals surface area contributed by atoms with E-state index < -0.39 is 0 Å². The Balaban J connectivity index is 2.36. The molecular weight excluding hydrogens is 202 g/mol. The van der Waals surface area contributed by atoms with Crippen LogP contribution in [0.5, 0.6) is 0 Å². The zero-order valence-corrected chi connectivity index (χ0v) is 8.48. The number of aromatic nitrogens is 1. The molecule has 2 rings (SSSR count). The van der Waals surface area contributed by atoms with Crippen LogP contribution < -0.4 is 0 Å². The van der Waals surface area contributed by atoms with Crippen molar-refractivity contribution in [3.05, 3.63) is 41.3 Å². The Morgan fingerprint density at radius 2 is 2.00 bits per heavy atom. The van der Waals surface area contributed by atoms with Crippen molar-refractivity contribution in [3.8, 4) is 11.3 Å². The van der Waals surface area contributed by atoms with Gasteiger partial charge in [0.15, 0.2) is 0 Å². The molecule has 1 aromatic heterocycles. The standard InChI is InChI=1S/C10H8ClNS/c11-7-9-6-10(12-13-9)8-4-2-1-3-5-8/h1-6H,7H2. The van der Waals surface area contributed by atoms with Crippen molar-refractivity contribution in [3.63, 3.8) is 0 Å². The summed E-state index contributed by atoms with van der Waals surface area (Å²) in [5, 5.41) is 0. The van der Waals surface area contributed by atoms with Crippen molar-refractivity contribution >= 4 is 23.1 Å².